The van der Waals surface area contributed by atoms with Crippen molar-refractivity contribution in [2.75, 3.05) is 33.4 Å². The second-order valence-corrected chi connectivity index (χ2v) is 4.90. The van der Waals surface area contributed by atoms with Crippen molar-refractivity contribution in [1.29, 1.82) is 0 Å². The molecule has 4 nitrogen and oxygen atoms in total. The fourth-order valence-electron chi connectivity index (χ4n) is 2.39. The number of carbonyl (C=O) groups is 1. The molecule has 1 amide bonds. The molecule has 16 heavy (non-hydrogen) atoms. The predicted molar refractivity (Wildman–Crippen MR) is 62.2 cm³/mol. The largest absolute Gasteiger partial charge is 0.375 e. The highest BCUT2D eigenvalue weighted by atomic mass is 16.5. The maximum Gasteiger partial charge on any atom is 0.248 e. The molecular weight excluding hydrogens is 204 g/mol. The zero-order valence-electron chi connectivity index (χ0n) is 10.1. The third kappa shape index (κ3) is 3.19. The Morgan fingerprint density at radius 2 is 2.00 bits per heavy atom. The van der Waals surface area contributed by atoms with Crippen molar-refractivity contribution < 1.29 is 9.53 Å². The van der Waals surface area contributed by atoms with Gasteiger partial charge >= 0.3 is 0 Å². The minimum absolute atomic E-state index is 0.170. The maximum absolute atomic E-state index is 11.9. The van der Waals surface area contributed by atoms with Crippen LogP contribution >= 0.6 is 0 Å². The monoisotopic (exact) mass is 226 g/mol. The number of nitrogens with one attached hydrogen (secondary N) is 1. The van der Waals surface area contributed by atoms with Gasteiger partial charge in [0.25, 0.3) is 0 Å². The molecule has 0 aromatic heterocycles. The summed E-state index contributed by atoms with van der Waals surface area (Å²) < 4.78 is 4.95. The average Bonchev–Trinajstić information content (AvgIpc) is 3.11. The first-order chi connectivity index (χ1) is 7.81. The molecule has 1 aliphatic heterocycles. The lowest BCUT2D eigenvalue weighted by atomic mass is 9.97. The van der Waals surface area contributed by atoms with E-state index >= 15 is 0 Å². The van der Waals surface area contributed by atoms with Crippen LogP contribution < -0.4 is 5.32 Å². The number of methoxy groups -OCH3 is 1. The number of carbonyl (C=O) groups excluding carboxylic acids is 1. The molecular formula is C12H22N2O2. The van der Waals surface area contributed by atoms with Crippen molar-refractivity contribution in [2.24, 2.45) is 5.92 Å². The maximum atomic E-state index is 11.9. The molecule has 1 N–H and O–H groups in total. The predicted octanol–water partition coefficient (Wildman–Crippen LogP) is 0.623. The van der Waals surface area contributed by atoms with Crippen molar-refractivity contribution in [1.82, 2.24) is 10.2 Å². The van der Waals surface area contributed by atoms with Gasteiger partial charge in [0.05, 0.1) is 0 Å². The Balaban J connectivity index is 1.83. The summed E-state index contributed by atoms with van der Waals surface area (Å²) in [5.74, 6) is 0.853. The molecule has 2 fully saturated rings. The number of rotatable bonds is 5. The molecule has 0 aromatic rings. The van der Waals surface area contributed by atoms with Crippen LogP contribution in [0.5, 0.6) is 0 Å². The summed E-state index contributed by atoms with van der Waals surface area (Å²) in [6.45, 7) is 3.37. The topological polar surface area (TPSA) is 41.6 Å². The van der Waals surface area contributed by atoms with Crippen LogP contribution in [-0.2, 0) is 9.53 Å². The second-order valence-electron chi connectivity index (χ2n) is 4.90. The SMILES string of the molecule is COCC(=O)N(CC1CCNCC1)C1CC1. The summed E-state index contributed by atoms with van der Waals surface area (Å²) >= 11 is 0. The number of nitrogens with zero attached hydrogens (tertiary/aromatic N) is 1. The Morgan fingerprint density at radius 3 is 2.56 bits per heavy atom. The van der Waals surface area contributed by atoms with E-state index in [-0.39, 0.29) is 12.5 Å². The van der Waals surface area contributed by atoms with Gasteiger partial charge in [0.2, 0.25) is 5.91 Å². The summed E-state index contributed by atoms with van der Waals surface area (Å²) in [5, 5.41) is 3.36. The van der Waals surface area contributed by atoms with Crippen LogP contribution in [0.25, 0.3) is 0 Å². The van der Waals surface area contributed by atoms with Crippen molar-refractivity contribution in [3.63, 3.8) is 0 Å². The van der Waals surface area contributed by atoms with Crippen LogP contribution in [0.3, 0.4) is 0 Å². The first kappa shape index (κ1) is 11.9. The van der Waals surface area contributed by atoms with Crippen molar-refractivity contribution in [3.05, 3.63) is 0 Å². The van der Waals surface area contributed by atoms with Gasteiger partial charge in [0.15, 0.2) is 0 Å². The van der Waals surface area contributed by atoms with Crippen LogP contribution in [0.1, 0.15) is 25.7 Å². The highest BCUT2D eigenvalue weighted by Gasteiger charge is 2.33. The summed E-state index contributed by atoms with van der Waals surface area (Å²) in [7, 11) is 1.59. The Bertz CT molecular complexity index is 235. The fraction of sp³-hybridized carbons (Fsp3) is 0.917. The van der Waals surface area contributed by atoms with Crippen LogP contribution in [-0.4, -0.2) is 50.2 Å². The number of ether oxygens (including phenoxy) is 1. The van der Waals surface area contributed by atoms with Gasteiger partial charge in [0, 0.05) is 19.7 Å². The van der Waals surface area contributed by atoms with Gasteiger partial charge < -0.3 is 15.0 Å². The lowest BCUT2D eigenvalue weighted by molar-refractivity contribution is -0.136. The molecule has 0 bridgehead atoms. The van der Waals surface area contributed by atoms with Crippen molar-refractivity contribution in [3.8, 4) is 0 Å². The summed E-state index contributed by atoms with van der Waals surface area (Å²) in [4.78, 5) is 13.9. The van der Waals surface area contributed by atoms with Gasteiger partial charge in [-0.3, -0.25) is 4.79 Å². The minimum atomic E-state index is 0.170. The molecule has 0 unspecified atom stereocenters. The number of hydrogen-bond acceptors (Lipinski definition) is 3. The molecule has 0 radical (unpaired) electrons. The highest BCUT2D eigenvalue weighted by molar-refractivity contribution is 5.78. The van der Waals surface area contributed by atoms with Crippen LogP contribution in [0.4, 0.5) is 0 Å². The van der Waals surface area contributed by atoms with Crippen LogP contribution in [0.15, 0.2) is 0 Å². The van der Waals surface area contributed by atoms with Crippen molar-refractivity contribution in [2.45, 2.75) is 31.7 Å². The lowest BCUT2D eigenvalue weighted by Gasteiger charge is -2.30. The summed E-state index contributed by atoms with van der Waals surface area (Å²) in [6, 6.07) is 0.512. The van der Waals surface area contributed by atoms with E-state index in [0.29, 0.717) is 12.0 Å². The quantitative estimate of drug-likeness (QED) is 0.747. The van der Waals surface area contributed by atoms with Crippen LogP contribution in [0, 0.1) is 5.92 Å². The zero-order valence-corrected chi connectivity index (χ0v) is 10.1. The zero-order chi connectivity index (χ0) is 11.4. The second kappa shape index (κ2) is 5.64. The molecule has 1 aliphatic carbocycles. The van der Waals surface area contributed by atoms with E-state index in [4.69, 9.17) is 4.74 Å². The van der Waals surface area contributed by atoms with Gasteiger partial charge in [-0.2, -0.15) is 0 Å². The molecule has 92 valence electrons. The van der Waals surface area contributed by atoms with E-state index in [1.165, 1.54) is 25.7 Å². The summed E-state index contributed by atoms with van der Waals surface area (Å²) in [6.07, 6.45) is 4.76. The molecule has 0 atom stereocenters. The van der Waals surface area contributed by atoms with E-state index in [2.05, 4.69) is 10.2 Å². The molecule has 2 aliphatic rings. The minimum Gasteiger partial charge on any atom is -0.375 e. The van der Waals surface area contributed by atoms with Gasteiger partial charge in [-0.15, -0.1) is 0 Å². The smallest absolute Gasteiger partial charge is 0.248 e. The Morgan fingerprint density at radius 1 is 1.31 bits per heavy atom. The molecule has 1 heterocycles. The Kier molecular flexibility index (Phi) is 4.18. The normalized spacial score (nSPS) is 22.1. The lowest BCUT2D eigenvalue weighted by Crippen LogP contribution is -2.42. The van der Waals surface area contributed by atoms with E-state index in [1.54, 1.807) is 7.11 Å². The third-order valence-corrected chi connectivity index (χ3v) is 3.49. The fourth-order valence-corrected chi connectivity index (χ4v) is 2.39. The Hall–Kier alpha value is -0.610. The molecule has 1 saturated carbocycles. The molecule has 4 heteroatoms. The highest BCUT2D eigenvalue weighted by Crippen LogP contribution is 2.29. The van der Waals surface area contributed by atoms with Gasteiger partial charge in [0.1, 0.15) is 6.61 Å². The molecule has 2 rings (SSSR count). The summed E-state index contributed by atoms with van der Waals surface area (Å²) in [5.41, 5.74) is 0. The van der Waals surface area contributed by atoms with Crippen molar-refractivity contribution >= 4 is 5.91 Å². The number of hydrogen-bond donors (Lipinski definition) is 1. The van der Waals surface area contributed by atoms with E-state index < -0.39 is 0 Å². The van der Waals surface area contributed by atoms with Gasteiger partial charge in [-0.05, 0) is 44.7 Å². The van der Waals surface area contributed by atoms with E-state index in [0.717, 1.165) is 19.6 Å². The molecule has 0 aromatic carbocycles. The first-order valence-corrected chi connectivity index (χ1v) is 6.30. The van der Waals surface area contributed by atoms with Crippen LogP contribution in [0.2, 0.25) is 0 Å². The number of piperidine rings is 1. The average molecular weight is 226 g/mol. The van der Waals surface area contributed by atoms with Gasteiger partial charge in [-0.25, -0.2) is 0 Å². The van der Waals surface area contributed by atoms with E-state index in [9.17, 15) is 4.79 Å². The third-order valence-electron chi connectivity index (χ3n) is 3.49. The molecule has 1 saturated heterocycles. The van der Waals surface area contributed by atoms with Gasteiger partial charge in [-0.1, -0.05) is 0 Å². The standard InChI is InChI=1S/C12H22N2O2/c1-16-9-12(15)14(11-2-3-11)8-10-4-6-13-7-5-10/h10-11,13H,2-9H2,1H3. The van der Waals surface area contributed by atoms with E-state index in [1.807, 2.05) is 0 Å². The Labute approximate surface area is 97.3 Å². The first-order valence-electron chi connectivity index (χ1n) is 6.30. The molecule has 0 spiro atoms. The number of amides is 1.